The summed E-state index contributed by atoms with van der Waals surface area (Å²) in [6.45, 7) is 1.79. The van der Waals surface area contributed by atoms with Crippen molar-refractivity contribution in [2.24, 2.45) is 12.2 Å². The van der Waals surface area contributed by atoms with Gasteiger partial charge in [0.05, 0.1) is 17.6 Å². The highest BCUT2D eigenvalue weighted by Crippen LogP contribution is 2.33. The van der Waals surface area contributed by atoms with Gasteiger partial charge in [0.2, 0.25) is 15.9 Å². The number of nitrogens with two attached hydrogens (primary N) is 1. The zero-order valence-corrected chi connectivity index (χ0v) is 16.0. The van der Waals surface area contributed by atoms with E-state index >= 15 is 0 Å². The lowest BCUT2D eigenvalue weighted by Crippen LogP contribution is -2.39. The quantitative estimate of drug-likeness (QED) is 0.833. The summed E-state index contributed by atoms with van der Waals surface area (Å²) in [5, 5.41) is 9.45. The number of sulfonamides is 1. The number of carbonyl (C=O) groups is 1. The zero-order valence-electron chi connectivity index (χ0n) is 15.2. The molecular weight excluding hydrogens is 366 g/mol. The van der Waals surface area contributed by atoms with Crippen molar-refractivity contribution in [1.82, 2.24) is 14.7 Å². The predicted octanol–water partition coefficient (Wildman–Crippen LogP) is 0.794. The number of aromatic nitrogens is 2. The van der Waals surface area contributed by atoms with Gasteiger partial charge in [-0.05, 0) is 49.6 Å². The third-order valence-corrected chi connectivity index (χ3v) is 6.30. The van der Waals surface area contributed by atoms with E-state index in [-0.39, 0.29) is 16.8 Å². The molecule has 27 heavy (non-hydrogen) atoms. The number of hydrogen-bond acceptors (Lipinski definition) is 5. The molecule has 2 aromatic rings. The number of benzene rings is 1. The Morgan fingerprint density at radius 3 is 2.85 bits per heavy atom. The molecule has 3 heterocycles. The fraction of sp³-hybridized carbons (Fsp3) is 0.444. The van der Waals surface area contributed by atoms with Crippen LogP contribution in [-0.2, 0) is 28.3 Å². The largest absolute Gasteiger partial charge is 0.311 e. The van der Waals surface area contributed by atoms with Gasteiger partial charge >= 0.3 is 0 Å². The summed E-state index contributed by atoms with van der Waals surface area (Å²) in [5.41, 5.74) is 2.77. The lowest BCUT2D eigenvalue weighted by molar-refractivity contribution is -0.119. The summed E-state index contributed by atoms with van der Waals surface area (Å²) in [7, 11) is -1.84. The molecule has 9 heteroatoms. The standard InChI is InChI=1S/C18H23N5O3S/c1-21-11-14(10-20-21)16-3-2-7-22(16)12-18(24)23-8-6-13-9-15(27(19,25)26)4-5-17(13)23/h4-5,9-11,16H,2-3,6-8,12H2,1H3,(H2,19,25,26)/t16-/m1/s1. The number of hydrogen-bond donors (Lipinski definition) is 1. The molecule has 0 unspecified atom stereocenters. The molecule has 1 fully saturated rings. The van der Waals surface area contributed by atoms with Crippen molar-refractivity contribution < 1.29 is 13.2 Å². The van der Waals surface area contributed by atoms with Crippen LogP contribution in [0.3, 0.4) is 0 Å². The van der Waals surface area contributed by atoms with Gasteiger partial charge in [-0.25, -0.2) is 13.6 Å². The molecule has 1 amide bonds. The van der Waals surface area contributed by atoms with E-state index in [4.69, 9.17) is 5.14 Å². The summed E-state index contributed by atoms with van der Waals surface area (Å²) < 4.78 is 24.9. The highest BCUT2D eigenvalue weighted by Gasteiger charge is 2.32. The van der Waals surface area contributed by atoms with Crippen molar-refractivity contribution in [2.75, 3.05) is 24.5 Å². The molecule has 0 aliphatic carbocycles. The number of likely N-dealkylation sites (tertiary alicyclic amines) is 1. The molecule has 2 aliphatic rings. The Bertz CT molecular complexity index is 985. The summed E-state index contributed by atoms with van der Waals surface area (Å²) in [5.74, 6) is 0.0351. The van der Waals surface area contributed by atoms with E-state index in [9.17, 15) is 13.2 Å². The summed E-state index contributed by atoms with van der Waals surface area (Å²) >= 11 is 0. The monoisotopic (exact) mass is 389 g/mol. The summed E-state index contributed by atoms with van der Waals surface area (Å²) in [4.78, 5) is 17.0. The van der Waals surface area contributed by atoms with Crippen LogP contribution in [-0.4, -0.2) is 48.6 Å². The molecule has 1 atom stereocenters. The molecule has 1 aromatic heterocycles. The first-order chi connectivity index (χ1) is 12.8. The van der Waals surface area contributed by atoms with Crippen molar-refractivity contribution in [3.63, 3.8) is 0 Å². The van der Waals surface area contributed by atoms with Gasteiger partial charge in [0.25, 0.3) is 0 Å². The molecule has 8 nitrogen and oxygen atoms in total. The maximum Gasteiger partial charge on any atom is 0.241 e. The Kier molecular flexibility index (Phi) is 4.53. The molecule has 0 bridgehead atoms. The second kappa shape index (κ2) is 6.74. The topological polar surface area (TPSA) is 102 Å². The second-order valence-corrected chi connectivity index (χ2v) is 8.77. The van der Waals surface area contributed by atoms with Crippen LogP contribution in [0.2, 0.25) is 0 Å². The van der Waals surface area contributed by atoms with E-state index in [1.165, 1.54) is 6.07 Å². The lowest BCUT2D eigenvalue weighted by atomic mass is 10.1. The van der Waals surface area contributed by atoms with Crippen LogP contribution in [0.25, 0.3) is 0 Å². The van der Waals surface area contributed by atoms with Gasteiger partial charge in [0, 0.05) is 37.1 Å². The van der Waals surface area contributed by atoms with Crippen LogP contribution in [0.5, 0.6) is 0 Å². The van der Waals surface area contributed by atoms with Crippen LogP contribution in [0, 0.1) is 0 Å². The third kappa shape index (κ3) is 3.50. The van der Waals surface area contributed by atoms with Crippen molar-refractivity contribution in [1.29, 1.82) is 0 Å². The van der Waals surface area contributed by atoms with E-state index in [1.54, 1.807) is 21.7 Å². The molecule has 0 saturated carbocycles. The Labute approximate surface area is 158 Å². The number of nitrogens with zero attached hydrogens (tertiary/aromatic N) is 4. The highest BCUT2D eigenvalue weighted by atomic mass is 32.2. The maximum absolute atomic E-state index is 12.9. The SMILES string of the molecule is Cn1cc([C@H]2CCCN2CC(=O)N2CCc3cc(S(N)(=O)=O)ccc32)cn1. The van der Waals surface area contributed by atoms with Gasteiger partial charge < -0.3 is 4.90 Å². The minimum Gasteiger partial charge on any atom is -0.311 e. The molecular formula is C18H23N5O3S. The van der Waals surface area contributed by atoms with Crippen molar-refractivity contribution in [3.05, 3.63) is 41.7 Å². The Hall–Kier alpha value is -2.23. The van der Waals surface area contributed by atoms with Gasteiger partial charge in [-0.2, -0.15) is 5.10 Å². The fourth-order valence-corrected chi connectivity index (χ4v) is 4.64. The number of amides is 1. The van der Waals surface area contributed by atoms with Gasteiger partial charge in [0.15, 0.2) is 0 Å². The number of aryl methyl sites for hydroxylation is 1. The van der Waals surface area contributed by atoms with Crippen molar-refractivity contribution >= 4 is 21.6 Å². The number of rotatable bonds is 4. The summed E-state index contributed by atoms with van der Waals surface area (Å²) in [6.07, 6.45) is 6.59. The minimum atomic E-state index is -3.74. The van der Waals surface area contributed by atoms with Crippen molar-refractivity contribution in [2.45, 2.75) is 30.2 Å². The smallest absolute Gasteiger partial charge is 0.241 e. The molecule has 144 valence electrons. The van der Waals surface area contributed by atoms with E-state index in [1.807, 2.05) is 19.4 Å². The second-order valence-electron chi connectivity index (χ2n) is 7.21. The van der Waals surface area contributed by atoms with Gasteiger partial charge in [-0.3, -0.25) is 14.4 Å². The molecule has 2 N–H and O–H groups in total. The Morgan fingerprint density at radius 1 is 1.33 bits per heavy atom. The molecule has 1 saturated heterocycles. The zero-order chi connectivity index (χ0) is 19.2. The number of fused-ring (bicyclic) bond motifs is 1. The van der Waals surface area contributed by atoms with Crippen LogP contribution in [0.4, 0.5) is 5.69 Å². The van der Waals surface area contributed by atoms with E-state index in [2.05, 4.69) is 10.00 Å². The molecule has 0 spiro atoms. The van der Waals surface area contributed by atoms with E-state index in [0.717, 1.165) is 36.2 Å². The minimum absolute atomic E-state index is 0.0351. The van der Waals surface area contributed by atoms with Crippen LogP contribution >= 0.6 is 0 Å². The van der Waals surface area contributed by atoms with Gasteiger partial charge in [-0.1, -0.05) is 0 Å². The van der Waals surface area contributed by atoms with Crippen LogP contribution in [0.15, 0.2) is 35.5 Å². The maximum atomic E-state index is 12.9. The number of anilines is 1. The van der Waals surface area contributed by atoms with E-state index in [0.29, 0.717) is 19.5 Å². The normalized spacial score (nSPS) is 20.2. The van der Waals surface area contributed by atoms with Gasteiger partial charge in [0.1, 0.15) is 0 Å². The Morgan fingerprint density at radius 2 is 2.15 bits per heavy atom. The highest BCUT2D eigenvalue weighted by molar-refractivity contribution is 7.89. The fourth-order valence-electron chi connectivity index (χ4n) is 4.08. The summed E-state index contributed by atoms with van der Waals surface area (Å²) in [6, 6.07) is 4.94. The Balaban J connectivity index is 1.50. The number of carbonyl (C=O) groups excluding carboxylic acids is 1. The average molecular weight is 389 g/mol. The third-order valence-electron chi connectivity index (χ3n) is 5.39. The first-order valence-electron chi connectivity index (χ1n) is 9.01. The molecule has 2 aliphatic heterocycles. The van der Waals surface area contributed by atoms with Crippen LogP contribution < -0.4 is 10.0 Å². The first-order valence-corrected chi connectivity index (χ1v) is 10.6. The lowest BCUT2D eigenvalue weighted by Gasteiger charge is -2.26. The number of primary sulfonamides is 1. The predicted molar refractivity (Wildman–Crippen MR) is 101 cm³/mol. The molecule has 4 rings (SSSR count). The van der Waals surface area contributed by atoms with E-state index < -0.39 is 10.0 Å². The molecule has 1 aromatic carbocycles. The average Bonchev–Trinajstić information content (AvgIpc) is 3.32. The van der Waals surface area contributed by atoms with Gasteiger partial charge in [-0.15, -0.1) is 0 Å². The van der Waals surface area contributed by atoms with Crippen LogP contribution in [0.1, 0.15) is 30.0 Å². The first kappa shape index (κ1) is 18.1. The van der Waals surface area contributed by atoms with Crippen molar-refractivity contribution in [3.8, 4) is 0 Å². The molecule has 0 radical (unpaired) electrons.